The molecule has 0 aromatic carbocycles. The lowest BCUT2D eigenvalue weighted by atomic mass is 10.2. The molecule has 2 N–H and O–H groups in total. The Labute approximate surface area is 103 Å². The number of hydrogen-bond acceptors (Lipinski definition) is 3. The second-order valence-corrected chi connectivity index (χ2v) is 3.51. The van der Waals surface area contributed by atoms with Crippen LogP contribution in [0.3, 0.4) is 0 Å². The largest absolute Gasteiger partial charge is 0.480 e. The van der Waals surface area contributed by atoms with Crippen molar-refractivity contribution in [2.45, 2.75) is 12.5 Å². The zero-order chi connectivity index (χ0) is 12.8. The number of carbonyl (C=O) groups excluding carboxylic acids is 1. The smallest absolute Gasteiger partial charge is 0.327 e. The van der Waals surface area contributed by atoms with Crippen molar-refractivity contribution in [3.63, 3.8) is 0 Å². The summed E-state index contributed by atoms with van der Waals surface area (Å²) in [4.78, 5) is 26.1. The molecule has 0 aliphatic carbocycles. The number of carboxylic acid groups (broad SMARTS) is 1. The summed E-state index contributed by atoms with van der Waals surface area (Å²) in [5, 5.41) is 11.2. The van der Waals surface area contributed by atoms with Crippen LogP contribution in [0.25, 0.3) is 0 Å². The van der Waals surface area contributed by atoms with Crippen LogP contribution in [0.1, 0.15) is 16.9 Å². The van der Waals surface area contributed by atoms with Crippen molar-refractivity contribution in [3.05, 3.63) is 29.0 Å². The normalized spacial score (nSPS) is 11.3. The monoisotopic (exact) mass is 252 g/mol. The number of carboxylic acids is 1. The van der Waals surface area contributed by atoms with Crippen LogP contribution in [0.15, 0.2) is 18.2 Å². The predicted molar refractivity (Wildman–Crippen MR) is 61.6 cm³/mol. The third-order valence-corrected chi connectivity index (χ3v) is 2.08. The van der Waals surface area contributed by atoms with E-state index in [9.17, 15) is 9.59 Å². The molecule has 1 aromatic heterocycles. The molecule has 1 unspecified atom stereocenters. The number of aliphatic carboxylic acids is 1. The Morgan fingerprint density at radius 2 is 2.29 bits per heavy atom. The molecule has 6 heteroatoms. The number of aromatic nitrogens is 1. The van der Waals surface area contributed by atoms with Crippen molar-refractivity contribution in [3.8, 4) is 12.3 Å². The van der Waals surface area contributed by atoms with Crippen LogP contribution >= 0.6 is 11.6 Å². The van der Waals surface area contributed by atoms with E-state index in [1.165, 1.54) is 12.1 Å². The third-order valence-electron chi connectivity index (χ3n) is 1.87. The molecule has 0 fully saturated rings. The van der Waals surface area contributed by atoms with E-state index in [2.05, 4.69) is 16.2 Å². The molecule has 0 saturated carbocycles. The number of carbonyl (C=O) groups is 2. The Bertz CT molecular complexity index is 482. The number of rotatable bonds is 4. The minimum Gasteiger partial charge on any atom is -0.480 e. The van der Waals surface area contributed by atoms with Crippen molar-refractivity contribution in [2.24, 2.45) is 0 Å². The highest BCUT2D eigenvalue weighted by Crippen LogP contribution is 2.05. The third kappa shape index (κ3) is 3.78. The van der Waals surface area contributed by atoms with Crippen LogP contribution in [-0.2, 0) is 4.79 Å². The maximum Gasteiger partial charge on any atom is 0.327 e. The highest BCUT2D eigenvalue weighted by molar-refractivity contribution is 6.29. The van der Waals surface area contributed by atoms with Gasteiger partial charge < -0.3 is 10.4 Å². The molecule has 1 heterocycles. The van der Waals surface area contributed by atoms with Crippen LogP contribution in [0, 0.1) is 12.3 Å². The average Bonchev–Trinajstić information content (AvgIpc) is 2.28. The molecule has 88 valence electrons. The fourth-order valence-electron chi connectivity index (χ4n) is 1.08. The van der Waals surface area contributed by atoms with Gasteiger partial charge in [-0.3, -0.25) is 4.79 Å². The van der Waals surface area contributed by atoms with Gasteiger partial charge in [0.05, 0.1) is 0 Å². The van der Waals surface area contributed by atoms with E-state index >= 15 is 0 Å². The molecular weight excluding hydrogens is 244 g/mol. The first-order valence-electron chi connectivity index (χ1n) is 4.64. The first kappa shape index (κ1) is 13.0. The summed E-state index contributed by atoms with van der Waals surface area (Å²) < 4.78 is 0. The Morgan fingerprint density at radius 1 is 1.59 bits per heavy atom. The Kier molecular flexibility index (Phi) is 4.49. The van der Waals surface area contributed by atoms with Gasteiger partial charge in [0.15, 0.2) is 0 Å². The van der Waals surface area contributed by atoms with Gasteiger partial charge in [0.1, 0.15) is 16.9 Å². The molecule has 1 atom stereocenters. The standard InChI is InChI=1S/C11H9ClN2O3/c1-2-4-8(11(16)17)14-10(15)7-5-3-6-9(12)13-7/h1,3,5-6,8H,4H2,(H,14,15)(H,16,17). The minimum absolute atomic E-state index is 0.0424. The van der Waals surface area contributed by atoms with Gasteiger partial charge in [0.25, 0.3) is 5.91 Å². The summed E-state index contributed by atoms with van der Waals surface area (Å²) >= 11 is 5.61. The second-order valence-electron chi connectivity index (χ2n) is 3.12. The lowest BCUT2D eigenvalue weighted by Gasteiger charge is -2.11. The molecule has 0 aliphatic heterocycles. The maximum absolute atomic E-state index is 11.6. The summed E-state index contributed by atoms with van der Waals surface area (Å²) in [6.07, 6.45) is 4.91. The molecule has 0 saturated heterocycles. The molecule has 1 aromatic rings. The Morgan fingerprint density at radius 3 is 2.82 bits per heavy atom. The highest BCUT2D eigenvalue weighted by Gasteiger charge is 2.20. The fourth-order valence-corrected chi connectivity index (χ4v) is 1.25. The van der Waals surface area contributed by atoms with Gasteiger partial charge in [-0.1, -0.05) is 17.7 Å². The molecule has 1 rings (SSSR count). The number of nitrogens with zero attached hydrogens (tertiary/aromatic N) is 1. The summed E-state index contributed by atoms with van der Waals surface area (Å²) in [5.74, 6) is 0.350. The number of terminal acetylenes is 1. The molecule has 0 radical (unpaired) electrons. The van der Waals surface area contributed by atoms with Gasteiger partial charge in [-0.05, 0) is 12.1 Å². The van der Waals surface area contributed by atoms with E-state index in [0.717, 1.165) is 0 Å². The highest BCUT2D eigenvalue weighted by atomic mass is 35.5. The van der Waals surface area contributed by atoms with E-state index in [4.69, 9.17) is 23.1 Å². The molecular formula is C11H9ClN2O3. The number of nitrogens with one attached hydrogen (secondary N) is 1. The van der Waals surface area contributed by atoms with Crippen molar-refractivity contribution in [1.29, 1.82) is 0 Å². The maximum atomic E-state index is 11.6. The number of amides is 1. The Hall–Kier alpha value is -2.06. The van der Waals surface area contributed by atoms with E-state index in [-0.39, 0.29) is 17.3 Å². The second kappa shape index (κ2) is 5.87. The summed E-state index contributed by atoms with van der Waals surface area (Å²) in [6.45, 7) is 0. The van der Waals surface area contributed by atoms with Gasteiger partial charge in [-0.15, -0.1) is 12.3 Å². The molecule has 0 aliphatic rings. The van der Waals surface area contributed by atoms with Crippen LogP contribution in [0.5, 0.6) is 0 Å². The summed E-state index contributed by atoms with van der Waals surface area (Å²) in [7, 11) is 0. The van der Waals surface area contributed by atoms with E-state index in [1.54, 1.807) is 6.07 Å². The molecule has 1 amide bonds. The summed E-state index contributed by atoms with van der Waals surface area (Å²) in [5.41, 5.74) is 0.0424. The number of pyridine rings is 1. The zero-order valence-electron chi connectivity index (χ0n) is 8.68. The molecule has 17 heavy (non-hydrogen) atoms. The van der Waals surface area contributed by atoms with Gasteiger partial charge in [0, 0.05) is 6.42 Å². The Balaban J connectivity index is 2.78. The van der Waals surface area contributed by atoms with Crippen LogP contribution in [0.4, 0.5) is 0 Å². The minimum atomic E-state index is -1.20. The lowest BCUT2D eigenvalue weighted by Crippen LogP contribution is -2.40. The van der Waals surface area contributed by atoms with E-state index < -0.39 is 17.9 Å². The van der Waals surface area contributed by atoms with Crippen molar-refractivity contribution < 1.29 is 14.7 Å². The number of halogens is 1. The van der Waals surface area contributed by atoms with Crippen LogP contribution < -0.4 is 5.32 Å². The average molecular weight is 253 g/mol. The molecule has 0 spiro atoms. The fraction of sp³-hybridized carbons (Fsp3) is 0.182. The SMILES string of the molecule is C#CCC(NC(=O)c1cccc(Cl)n1)C(=O)O. The predicted octanol–water partition coefficient (Wildman–Crippen LogP) is 0.941. The molecule has 5 nitrogen and oxygen atoms in total. The van der Waals surface area contributed by atoms with Crippen molar-refractivity contribution >= 4 is 23.5 Å². The topological polar surface area (TPSA) is 79.3 Å². The van der Waals surface area contributed by atoms with Gasteiger partial charge in [0.2, 0.25) is 0 Å². The van der Waals surface area contributed by atoms with Crippen molar-refractivity contribution in [2.75, 3.05) is 0 Å². The van der Waals surface area contributed by atoms with Crippen LogP contribution in [-0.4, -0.2) is 28.0 Å². The molecule has 0 bridgehead atoms. The quantitative estimate of drug-likeness (QED) is 0.617. The van der Waals surface area contributed by atoms with Gasteiger partial charge >= 0.3 is 5.97 Å². The van der Waals surface area contributed by atoms with Gasteiger partial charge in [-0.25, -0.2) is 9.78 Å². The lowest BCUT2D eigenvalue weighted by molar-refractivity contribution is -0.139. The van der Waals surface area contributed by atoms with Gasteiger partial charge in [-0.2, -0.15) is 0 Å². The zero-order valence-corrected chi connectivity index (χ0v) is 9.44. The first-order valence-corrected chi connectivity index (χ1v) is 5.02. The summed E-state index contributed by atoms with van der Waals surface area (Å²) in [6, 6.07) is 3.35. The van der Waals surface area contributed by atoms with Crippen LogP contribution in [0.2, 0.25) is 5.15 Å². The number of hydrogen-bond donors (Lipinski definition) is 2. The first-order chi connectivity index (χ1) is 8.04. The van der Waals surface area contributed by atoms with E-state index in [0.29, 0.717) is 0 Å². The van der Waals surface area contributed by atoms with Crippen molar-refractivity contribution in [1.82, 2.24) is 10.3 Å². The van der Waals surface area contributed by atoms with E-state index in [1.807, 2.05) is 0 Å².